The van der Waals surface area contributed by atoms with Crippen LogP contribution in [0, 0.1) is 5.92 Å². The third kappa shape index (κ3) is 2.94. The van der Waals surface area contributed by atoms with Crippen LogP contribution in [-0.4, -0.2) is 15.5 Å². The minimum Gasteiger partial charge on any atom is -0.317 e. The van der Waals surface area contributed by atoms with Crippen molar-refractivity contribution in [3.63, 3.8) is 0 Å². The molecule has 0 fully saturated rings. The SMILES string of the molecule is CC(C)Cn1ccnc1NC(=O)c1cccs1. The van der Waals surface area contributed by atoms with Crippen LogP contribution in [0.1, 0.15) is 23.5 Å². The van der Waals surface area contributed by atoms with Gasteiger partial charge in [-0.3, -0.25) is 10.1 Å². The first-order valence-electron chi connectivity index (χ1n) is 5.53. The largest absolute Gasteiger partial charge is 0.317 e. The molecule has 0 saturated heterocycles. The van der Waals surface area contributed by atoms with Crippen LogP contribution < -0.4 is 5.32 Å². The molecule has 0 aliphatic heterocycles. The van der Waals surface area contributed by atoms with Crippen molar-refractivity contribution in [1.82, 2.24) is 9.55 Å². The maximum atomic E-state index is 11.9. The molecule has 90 valence electrons. The zero-order chi connectivity index (χ0) is 12.3. The summed E-state index contributed by atoms with van der Waals surface area (Å²) in [6, 6.07) is 3.66. The molecule has 4 nitrogen and oxygen atoms in total. The molecule has 17 heavy (non-hydrogen) atoms. The average molecular weight is 249 g/mol. The quantitative estimate of drug-likeness (QED) is 0.905. The van der Waals surface area contributed by atoms with Gasteiger partial charge in [0.2, 0.25) is 5.95 Å². The second-order valence-electron chi connectivity index (χ2n) is 4.23. The number of anilines is 1. The van der Waals surface area contributed by atoms with E-state index in [0.29, 0.717) is 16.7 Å². The molecule has 0 atom stereocenters. The van der Waals surface area contributed by atoms with Gasteiger partial charge < -0.3 is 4.57 Å². The Kier molecular flexibility index (Phi) is 3.58. The van der Waals surface area contributed by atoms with Gasteiger partial charge in [0, 0.05) is 18.9 Å². The normalized spacial score (nSPS) is 10.8. The molecule has 0 unspecified atom stereocenters. The second kappa shape index (κ2) is 5.14. The Hall–Kier alpha value is -1.62. The highest BCUT2D eigenvalue weighted by Gasteiger charge is 2.11. The molecule has 0 bridgehead atoms. The fourth-order valence-corrected chi connectivity index (χ4v) is 2.16. The van der Waals surface area contributed by atoms with E-state index >= 15 is 0 Å². The number of thiophene rings is 1. The molecule has 0 aliphatic rings. The molecule has 2 aromatic heterocycles. The fraction of sp³-hybridized carbons (Fsp3) is 0.333. The van der Waals surface area contributed by atoms with Gasteiger partial charge in [0.25, 0.3) is 5.91 Å². The molecule has 0 saturated carbocycles. The lowest BCUT2D eigenvalue weighted by Crippen LogP contribution is -2.16. The molecule has 0 aliphatic carbocycles. The van der Waals surface area contributed by atoms with Crippen molar-refractivity contribution in [2.75, 3.05) is 5.32 Å². The molecule has 2 aromatic rings. The van der Waals surface area contributed by atoms with E-state index in [2.05, 4.69) is 24.1 Å². The van der Waals surface area contributed by atoms with Gasteiger partial charge in [0.05, 0.1) is 4.88 Å². The van der Waals surface area contributed by atoms with Gasteiger partial charge in [-0.25, -0.2) is 4.98 Å². The molecular weight excluding hydrogens is 234 g/mol. The molecule has 0 aromatic carbocycles. The van der Waals surface area contributed by atoms with Crippen LogP contribution in [0.5, 0.6) is 0 Å². The number of nitrogens with zero attached hydrogens (tertiary/aromatic N) is 2. The van der Waals surface area contributed by atoms with Crippen molar-refractivity contribution in [1.29, 1.82) is 0 Å². The average Bonchev–Trinajstić information content (AvgIpc) is 2.89. The highest BCUT2D eigenvalue weighted by Crippen LogP contribution is 2.13. The number of aromatic nitrogens is 2. The lowest BCUT2D eigenvalue weighted by Gasteiger charge is -2.10. The van der Waals surface area contributed by atoms with E-state index in [1.165, 1.54) is 11.3 Å². The Morgan fingerprint density at radius 1 is 1.59 bits per heavy atom. The predicted molar refractivity (Wildman–Crippen MR) is 69.3 cm³/mol. The summed E-state index contributed by atoms with van der Waals surface area (Å²) in [6.45, 7) is 5.11. The van der Waals surface area contributed by atoms with Crippen molar-refractivity contribution in [2.45, 2.75) is 20.4 Å². The topological polar surface area (TPSA) is 46.9 Å². The minimum atomic E-state index is -0.101. The van der Waals surface area contributed by atoms with Crippen LogP contribution in [0.25, 0.3) is 0 Å². The van der Waals surface area contributed by atoms with E-state index in [9.17, 15) is 4.79 Å². The number of imidazole rings is 1. The van der Waals surface area contributed by atoms with E-state index in [1.807, 2.05) is 22.2 Å². The first kappa shape index (κ1) is 11.9. The van der Waals surface area contributed by atoms with Gasteiger partial charge in [0.15, 0.2) is 0 Å². The number of amides is 1. The molecule has 1 amide bonds. The van der Waals surface area contributed by atoms with E-state index in [4.69, 9.17) is 0 Å². The molecule has 1 N–H and O–H groups in total. The molecular formula is C12H15N3OS. The lowest BCUT2D eigenvalue weighted by atomic mass is 10.2. The predicted octanol–water partition coefficient (Wildman–Crippen LogP) is 2.85. The van der Waals surface area contributed by atoms with Crippen LogP contribution in [0.2, 0.25) is 0 Å². The number of hydrogen-bond donors (Lipinski definition) is 1. The van der Waals surface area contributed by atoms with Crippen molar-refractivity contribution < 1.29 is 4.79 Å². The first-order valence-corrected chi connectivity index (χ1v) is 6.41. The third-order valence-electron chi connectivity index (χ3n) is 2.25. The maximum absolute atomic E-state index is 11.9. The standard InChI is InChI=1S/C12H15N3OS/c1-9(2)8-15-6-5-13-12(15)14-11(16)10-4-3-7-17-10/h3-7,9H,8H2,1-2H3,(H,13,14,16). The van der Waals surface area contributed by atoms with Crippen molar-refractivity contribution >= 4 is 23.2 Å². The Balaban J connectivity index is 2.08. The number of nitrogens with one attached hydrogen (secondary N) is 1. The van der Waals surface area contributed by atoms with E-state index in [0.717, 1.165) is 6.54 Å². The van der Waals surface area contributed by atoms with Gasteiger partial charge in [-0.05, 0) is 17.4 Å². The molecule has 2 heterocycles. The summed E-state index contributed by atoms with van der Waals surface area (Å²) >= 11 is 1.42. The Morgan fingerprint density at radius 2 is 2.41 bits per heavy atom. The van der Waals surface area contributed by atoms with E-state index < -0.39 is 0 Å². The van der Waals surface area contributed by atoms with Crippen LogP contribution in [0.4, 0.5) is 5.95 Å². The number of carbonyl (C=O) groups is 1. The zero-order valence-corrected chi connectivity index (χ0v) is 10.7. The van der Waals surface area contributed by atoms with Crippen LogP contribution >= 0.6 is 11.3 Å². The second-order valence-corrected chi connectivity index (χ2v) is 5.18. The van der Waals surface area contributed by atoms with Crippen LogP contribution in [-0.2, 0) is 6.54 Å². The summed E-state index contributed by atoms with van der Waals surface area (Å²) in [5.41, 5.74) is 0. The smallest absolute Gasteiger partial charge is 0.268 e. The highest BCUT2D eigenvalue weighted by atomic mass is 32.1. The zero-order valence-electron chi connectivity index (χ0n) is 9.88. The summed E-state index contributed by atoms with van der Waals surface area (Å²) in [5, 5.41) is 4.71. The van der Waals surface area contributed by atoms with Crippen molar-refractivity contribution in [3.8, 4) is 0 Å². The van der Waals surface area contributed by atoms with Crippen LogP contribution in [0.3, 0.4) is 0 Å². The molecule has 5 heteroatoms. The van der Waals surface area contributed by atoms with Crippen molar-refractivity contribution in [2.24, 2.45) is 5.92 Å². The fourth-order valence-electron chi connectivity index (χ4n) is 1.54. The third-order valence-corrected chi connectivity index (χ3v) is 3.12. The Bertz CT molecular complexity index is 488. The summed E-state index contributed by atoms with van der Waals surface area (Å²) in [6.07, 6.45) is 3.58. The van der Waals surface area contributed by atoms with E-state index in [-0.39, 0.29) is 5.91 Å². The monoisotopic (exact) mass is 249 g/mol. The molecule has 0 spiro atoms. The van der Waals surface area contributed by atoms with Gasteiger partial charge in [0.1, 0.15) is 0 Å². The van der Waals surface area contributed by atoms with Crippen molar-refractivity contribution in [3.05, 3.63) is 34.8 Å². The number of hydrogen-bond acceptors (Lipinski definition) is 3. The maximum Gasteiger partial charge on any atom is 0.268 e. The van der Waals surface area contributed by atoms with E-state index in [1.54, 1.807) is 12.3 Å². The Morgan fingerprint density at radius 3 is 3.06 bits per heavy atom. The van der Waals surface area contributed by atoms with Crippen LogP contribution in [0.15, 0.2) is 29.9 Å². The molecule has 0 radical (unpaired) electrons. The first-order chi connectivity index (χ1) is 8.16. The summed E-state index contributed by atoms with van der Waals surface area (Å²) in [7, 11) is 0. The lowest BCUT2D eigenvalue weighted by molar-refractivity contribution is 0.102. The van der Waals surface area contributed by atoms with Gasteiger partial charge >= 0.3 is 0 Å². The van der Waals surface area contributed by atoms with Gasteiger partial charge in [-0.2, -0.15) is 0 Å². The summed E-state index contributed by atoms with van der Waals surface area (Å²) < 4.78 is 1.95. The Labute approximate surface area is 104 Å². The van der Waals surface area contributed by atoms with Gasteiger partial charge in [-0.1, -0.05) is 19.9 Å². The summed E-state index contributed by atoms with van der Waals surface area (Å²) in [5.74, 6) is 1.02. The summed E-state index contributed by atoms with van der Waals surface area (Å²) in [4.78, 5) is 16.7. The number of rotatable bonds is 4. The number of carbonyl (C=O) groups excluding carboxylic acids is 1. The van der Waals surface area contributed by atoms with Gasteiger partial charge in [-0.15, -0.1) is 11.3 Å². The highest BCUT2D eigenvalue weighted by molar-refractivity contribution is 7.12. The molecule has 2 rings (SSSR count). The minimum absolute atomic E-state index is 0.101.